The number of benzene rings is 1. The van der Waals surface area contributed by atoms with Gasteiger partial charge < -0.3 is 5.32 Å². The molecule has 2 aromatic heterocycles. The number of nitrogens with zero attached hydrogens (tertiary/aromatic N) is 4. The number of para-hydroxylation sites is 1. The van der Waals surface area contributed by atoms with Gasteiger partial charge in [-0.25, -0.2) is 0 Å². The first-order valence-corrected chi connectivity index (χ1v) is 10.7. The molecule has 0 bridgehead atoms. The lowest BCUT2D eigenvalue weighted by Crippen LogP contribution is -2.49. The Morgan fingerprint density at radius 1 is 1.29 bits per heavy atom. The van der Waals surface area contributed by atoms with Gasteiger partial charge in [-0.05, 0) is 36.4 Å². The average molecular weight is 412 g/mol. The number of carbonyl (C=O) groups excluding carboxylic acids is 1. The minimum Gasteiger partial charge on any atom is -0.337 e. The van der Waals surface area contributed by atoms with Crippen LogP contribution in [0.5, 0.6) is 0 Å². The maximum absolute atomic E-state index is 12.4. The molecular weight excluding hydrogens is 390 g/mol. The Bertz CT molecular complexity index is 976. The van der Waals surface area contributed by atoms with Gasteiger partial charge in [0.2, 0.25) is 5.91 Å². The standard InChI is InChI=1S/C20H21N5OS2/c1-14(2)20(3,13-21)22-17(26)12-28-19-24-23-18(16-10-7-11-27-16)25(19)15-8-5-4-6-9-15/h4-11,14H,12H2,1-3H3,(H,22,26)/t20-/m0/s1. The minimum absolute atomic E-state index is 0.00449. The molecule has 1 atom stereocenters. The number of hydrogen-bond acceptors (Lipinski definition) is 6. The molecule has 0 fully saturated rings. The van der Waals surface area contributed by atoms with Crippen LogP contribution < -0.4 is 5.32 Å². The molecule has 0 unspecified atom stereocenters. The van der Waals surface area contributed by atoms with Gasteiger partial charge in [0.25, 0.3) is 0 Å². The molecule has 0 aliphatic heterocycles. The molecule has 1 amide bonds. The number of aromatic nitrogens is 3. The Balaban J connectivity index is 1.83. The first-order chi connectivity index (χ1) is 13.4. The number of nitriles is 1. The molecule has 8 heteroatoms. The van der Waals surface area contributed by atoms with Crippen LogP contribution in [0.1, 0.15) is 20.8 Å². The van der Waals surface area contributed by atoms with Crippen LogP contribution in [0, 0.1) is 17.2 Å². The highest BCUT2D eigenvalue weighted by Crippen LogP contribution is 2.30. The molecule has 0 aliphatic carbocycles. The second-order valence-electron chi connectivity index (χ2n) is 6.76. The number of thiophene rings is 1. The van der Waals surface area contributed by atoms with Crippen LogP contribution in [0.3, 0.4) is 0 Å². The Morgan fingerprint density at radius 3 is 2.64 bits per heavy atom. The molecule has 1 N–H and O–H groups in total. The Kier molecular flexibility index (Phi) is 6.17. The van der Waals surface area contributed by atoms with Gasteiger partial charge in [0.1, 0.15) is 5.54 Å². The molecule has 0 spiro atoms. The molecule has 0 radical (unpaired) electrons. The van der Waals surface area contributed by atoms with E-state index in [0.29, 0.717) is 5.16 Å². The molecule has 3 rings (SSSR count). The first-order valence-electron chi connectivity index (χ1n) is 8.84. The van der Waals surface area contributed by atoms with E-state index in [-0.39, 0.29) is 17.6 Å². The van der Waals surface area contributed by atoms with Crippen molar-refractivity contribution in [2.24, 2.45) is 5.92 Å². The summed E-state index contributed by atoms with van der Waals surface area (Å²) in [5.74, 6) is 0.695. The number of rotatable bonds is 7. The average Bonchev–Trinajstić information content (AvgIpc) is 3.36. The third kappa shape index (κ3) is 4.26. The number of hydrogen-bond donors (Lipinski definition) is 1. The van der Waals surface area contributed by atoms with E-state index in [9.17, 15) is 10.1 Å². The summed E-state index contributed by atoms with van der Waals surface area (Å²) in [5.41, 5.74) is 0.0372. The molecule has 0 saturated heterocycles. The van der Waals surface area contributed by atoms with Crippen molar-refractivity contribution in [2.45, 2.75) is 31.5 Å². The van der Waals surface area contributed by atoms with E-state index in [4.69, 9.17) is 0 Å². The van der Waals surface area contributed by atoms with Gasteiger partial charge in [0.05, 0.1) is 16.7 Å². The quantitative estimate of drug-likeness (QED) is 0.591. The van der Waals surface area contributed by atoms with Crippen molar-refractivity contribution >= 4 is 29.0 Å². The van der Waals surface area contributed by atoms with Crippen LogP contribution >= 0.6 is 23.1 Å². The number of thioether (sulfide) groups is 1. The fourth-order valence-corrected chi connectivity index (χ4v) is 3.95. The maximum Gasteiger partial charge on any atom is 0.231 e. The largest absolute Gasteiger partial charge is 0.337 e. The van der Waals surface area contributed by atoms with Gasteiger partial charge in [-0.15, -0.1) is 21.5 Å². The van der Waals surface area contributed by atoms with Crippen molar-refractivity contribution in [3.05, 3.63) is 47.8 Å². The summed E-state index contributed by atoms with van der Waals surface area (Å²) < 4.78 is 1.95. The smallest absolute Gasteiger partial charge is 0.231 e. The molecule has 2 heterocycles. The van der Waals surface area contributed by atoms with Crippen LogP contribution in [0.4, 0.5) is 0 Å². The van der Waals surface area contributed by atoms with Gasteiger partial charge >= 0.3 is 0 Å². The summed E-state index contributed by atoms with van der Waals surface area (Å²) in [6.45, 7) is 5.56. The highest BCUT2D eigenvalue weighted by atomic mass is 32.2. The van der Waals surface area contributed by atoms with Gasteiger partial charge in [-0.2, -0.15) is 5.26 Å². The van der Waals surface area contributed by atoms with Crippen molar-refractivity contribution in [1.82, 2.24) is 20.1 Å². The fourth-order valence-electron chi connectivity index (χ4n) is 2.50. The molecule has 6 nitrogen and oxygen atoms in total. The van der Waals surface area contributed by atoms with E-state index < -0.39 is 5.54 Å². The Morgan fingerprint density at radius 2 is 2.04 bits per heavy atom. The second-order valence-corrected chi connectivity index (χ2v) is 8.65. The van der Waals surface area contributed by atoms with Crippen molar-refractivity contribution in [3.8, 4) is 22.5 Å². The third-order valence-electron chi connectivity index (χ3n) is 4.51. The summed E-state index contributed by atoms with van der Waals surface area (Å²) in [5, 5.41) is 23.5. The molecule has 3 aromatic rings. The lowest BCUT2D eigenvalue weighted by molar-refractivity contribution is -0.120. The topological polar surface area (TPSA) is 83.6 Å². The van der Waals surface area contributed by atoms with Gasteiger partial charge in [-0.3, -0.25) is 9.36 Å². The van der Waals surface area contributed by atoms with E-state index in [1.165, 1.54) is 11.8 Å². The van der Waals surface area contributed by atoms with E-state index in [1.807, 2.05) is 66.3 Å². The van der Waals surface area contributed by atoms with E-state index in [2.05, 4.69) is 21.6 Å². The summed E-state index contributed by atoms with van der Waals surface area (Å²) in [6, 6.07) is 16.0. The normalized spacial score (nSPS) is 13.1. The molecule has 28 heavy (non-hydrogen) atoms. The monoisotopic (exact) mass is 411 g/mol. The molecule has 0 aliphatic rings. The van der Waals surface area contributed by atoms with Crippen molar-refractivity contribution in [1.29, 1.82) is 5.26 Å². The molecule has 144 valence electrons. The van der Waals surface area contributed by atoms with E-state index in [0.717, 1.165) is 16.4 Å². The predicted octanol–water partition coefficient (Wildman–Crippen LogP) is 4.14. The minimum atomic E-state index is -0.896. The van der Waals surface area contributed by atoms with Crippen LogP contribution in [-0.2, 0) is 4.79 Å². The summed E-state index contributed by atoms with van der Waals surface area (Å²) in [4.78, 5) is 13.4. The zero-order chi connectivity index (χ0) is 20.1. The van der Waals surface area contributed by atoms with Crippen molar-refractivity contribution in [3.63, 3.8) is 0 Å². The predicted molar refractivity (Wildman–Crippen MR) is 112 cm³/mol. The van der Waals surface area contributed by atoms with E-state index >= 15 is 0 Å². The van der Waals surface area contributed by atoms with Gasteiger partial charge in [0, 0.05) is 5.69 Å². The molecule has 1 aromatic carbocycles. The molecular formula is C20H21N5OS2. The number of nitrogens with one attached hydrogen (secondary N) is 1. The summed E-state index contributed by atoms with van der Waals surface area (Å²) in [6.07, 6.45) is 0. The maximum atomic E-state index is 12.4. The van der Waals surface area contributed by atoms with Crippen LogP contribution in [-0.4, -0.2) is 32.0 Å². The lowest BCUT2D eigenvalue weighted by atomic mass is 9.90. The Labute approximate surface area is 172 Å². The first kappa shape index (κ1) is 20.1. The molecule has 0 saturated carbocycles. The van der Waals surface area contributed by atoms with Crippen LogP contribution in [0.15, 0.2) is 53.0 Å². The summed E-state index contributed by atoms with van der Waals surface area (Å²) >= 11 is 2.89. The van der Waals surface area contributed by atoms with Gasteiger partial charge in [0.15, 0.2) is 11.0 Å². The number of carbonyl (C=O) groups is 1. The number of amides is 1. The second kappa shape index (κ2) is 8.59. The van der Waals surface area contributed by atoms with Gasteiger partial charge in [-0.1, -0.05) is 49.9 Å². The lowest BCUT2D eigenvalue weighted by Gasteiger charge is -2.27. The van der Waals surface area contributed by atoms with Crippen molar-refractivity contribution < 1.29 is 4.79 Å². The van der Waals surface area contributed by atoms with Crippen molar-refractivity contribution in [2.75, 3.05) is 5.75 Å². The fraction of sp³-hybridized carbons (Fsp3) is 0.300. The zero-order valence-electron chi connectivity index (χ0n) is 15.9. The van der Waals surface area contributed by atoms with E-state index in [1.54, 1.807) is 18.3 Å². The highest BCUT2D eigenvalue weighted by Gasteiger charge is 2.30. The SMILES string of the molecule is CC(C)[C@](C)(C#N)NC(=O)CSc1nnc(-c2cccs2)n1-c1ccccc1. The van der Waals surface area contributed by atoms with Crippen LogP contribution in [0.25, 0.3) is 16.4 Å². The Hall–Kier alpha value is -2.63. The summed E-state index contributed by atoms with van der Waals surface area (Å²) in [7, 11) is 0. The van der Waals surface area contributed by atoms with Crippen LogP contribution in [0.2, 0.25) is 0 Å². The zero-order valence-corrected chi connectivity index (χ0v) is 17.5. The third-order valence-corrected chi connectivity index (χ3v) is 6.30. The highest BCUT2D eigenvalue weighted by molar-refractivity contribution is 7.99.